The van der Waals surface area contributed by atoms with Gasteiger partial charge in [-0.05, 0) is 56.1 Å². The highest BCUT2D eigenvalue weighted by Gasteiger charge is 2.19. The zero-order valence-electron chi connectivity index (χ0n) is 14.9. The van der Waals surface area contributed by atoms with Crippen molar-refractivity contribution in [2.45, 2.75) is 26.9 Å². The highest BCUT2D eigenvalue weighted by atomic mass is 16.5. The maximum atomic E-state index is 12.8. The van der Waals surface area contributed by atoms with Crippen molar-refractivity contribution in [2.75, 3.05) is 26.2 Å². The molecule has 2 heterocycles. The summed E-state index contributed by atoms with van der Waals surface area (Å²) in [5.41, 5.74) is 3.74. The van der Waals surface area contributed by atoms with Gasteiger partial charge in [0.1, 0.15) is 12.4 Å². The van der Waals surface area contributed by atoms with Crippen LogP contribution < -0.4 is 10.1 Å². The molecule has 3 rings (SSSR count). The molecule has 0 radical (unpaired) electrons. The fourth-order valence-electron chi connectivity index (χ4n) is 3.17. The number of aryl methyl sites for hydroxylation is 2. The van der Waals surface area contributed by atoms with Gasteiger partial charge >= 0.3 is 0 Å². The number of carbonyl (C=O) groups is 1. The lowest BCUT2D eigenvalue weighted by Crippen LogP contribution is -2.34. The minimum atomic E-state index is 0.105. The fourth-order valence-corrected chi connectivity index (χ4v) is 3.17. The van der Waals surface area contributed by atoms with Gasteiger partial charge in [-0.2, -0.15) is 0 Å². The number of carbonyl (C=O) groups excluding carboxylic acids is 1. The van der Waals surface area contributed by atoms with Crippen molar-refractivity contribution < 1.29 is 9.53 Å². The summed E-state index contributed by atoms with van der Waals surface area (Å²) in [5, 5.41) is 3.33. The molecule has 0 bridgehead atoms. The standard InChI is InChI=1S/C20H25N3O2/c1-15-11-18(20(24)23-9-4-7-21-8-10-23)12-16(2)19(15)25-14-17-5-3-6-22-13-17/h3,5-6,11-13,21H,4,7-10,14H2,1-2H3. The van der Waals surface area contributed by atoms with Gasteiger partial charge in [-0.3, -0.25) is 9.78 Å². The summed E-state index contributed by atoms with van der Waals surface area (Å²) in [6.45, 7) is 7.86. The SMILES string of the molecule is Cc1cc(C(=O)N2CCCNCC2)cc(C)c1OCc1cccnc1. The summed E-state index contributed by atoms with van der Waals surface area (Å²) in [6, 6.07) is 7.76. The number of nitrogens with one attached hydrogen (secondary N) is 1. The first-order chi connectivity index (χ1) is 12.1. The van der Waals surface area contributed by atoms with E-state index in [1.165, 1.54) is 0 Å². The summed E-state index contributed by atoms with van der Waals surface area (Å²) in [4.78, 5) is 18.8. The summed E-state index contributed by atoms with van der Waals surface area (Å²) in [5.74, 6) is 0.951. The normalized spacial score (nSPS) is 14.9. The molecule has 132 valence electrons. The first-order valence-electron chi connectivity index (χ1n) is 8.78. The lowest BCUT2D eigenvalue weighted by atomic mass is 10.0. The molecule has 0 saturated carbocycles. The summed E-state index contributed by atoms with van der Waals surface area (Å²) in [6.07, 6.45) is 4.55. The van der Waals surface area contributed by atoms with Gasteiger partial charge < -0.3 is 15.0 Å². The predicted octanol–water partition coefficient (Wildman–Crippen LogP) is 2.71. The Labute approximate surface area is 149 Å². The van der Waals surface area contributed by atoms with Crippen LogP contribution in [0.15, 0.2) is 36.7 Å². The molecule has 25 heavy (non-hydrogen) atoms. The second kappa shape index (κ2) is 8.12. The van der Waals surface area contributed by atoms with Gasteiger partial charge in [0.05, 0.1) is 0 Å². The zero-order valence-corrected chi connectivity index (χ0v) is 14.9. The van der Waals surface area contributed by atoms with Crippen molar-refractivity contribution in [3.8, 4) is 5.75 Å². The second-order valence-corrected chi connectivity index (χ2v) is 6.48. The molecule has 0 unspecified atom stereocenters. The summed E-state index contributed by atoms with van der Waals surface area (Å²) >= 11 is 0. The van der Waals surface area contributed by atoms with Crippen molar-refractivity contribution >= 4 is 5.91 Å². The number of amides is 1. The van der Waals surface area contributed by atoms with Crippen LogP contribution in [0.2, 0.25) is 0 Å². The molecule has 0 aliphatic carbocycles. The van der Waals surface area contributed by atoms with E-state index in [4.69, 9.17) is 4.74 Å². The average Bonchev–Trinajstić information content (AvgIpc) is 2.90. The van der Waals surface area contributed by atoms with Gasteiger partial charge in [0.2, 0.25) is 0 Å². The first kappa shape index (κ1) is 17.4. The number of pyridine rings is 1. The largest absolute Gasteiger partial charge is 0.488 e. The molecule has 1 aromatic heterocycles. The Morgan fingerprint density at radius 2 is 2.04 bits per heavy atom. The van der Waals surface area contributed by atoms with Gasteiger partial charge in [-0.1, -0.05) is 6.07 Å². The number of benzene rings is 1. The van der Waals surface area contributed by atoms with Crippen LogP contribution in [0.25, 0.3) is 0 Å². The van der Waals surface area contributed by atoms with E-state index in [-0.39, 0.29) is 5.91 Å². The molecular formula is C20H25N3O2. The Kier molecular flexibility index (Phi) is 5.66. The quantitative estimate of drug-likeness (QED) is 0.930. The highest BCUT2D eigenvalue weighted by Crippen LogP contribution is 2.26. The predicted molar refractivity (Wildman–Crippen MR) is 97.9 cm³/mol. The number of aromatic nitrogens is 1. The minimum absolute atomic E-state index is 0.105. The van der Waals surface area contributed by atoms with Crippen molar-refractivity contribution in [3.63, 3.8) is 0 Å². The van der Waals surface area contributed by atoms with Gasteiger partial charge in [0.15, 0.2) is 0 Å². The number of hydrogen-bond acceptors (Lipinski definition) is 4. The van der Waals surface area contributed by atoms with Gasteiger partial charge in [-0.25, -0.2) is 0 Å². The van der Waals surface area contributed by atoms with Crippen molar-refractivity contribution in [1.82, 2.24) is 15.2 Å². The number of hydrogen-bond donors (Lipinski definition) is 1. The minimum Gasteiger partial charge on any atom is -0.488 e. The highest BCUT2D eigenvalue weighted by molar-refractivity contribution is 5.95. The molecular weight excluding hydrogens is 314 g/mol. The van der Waals surface area contributed by atoms with Crippen LogP contribution in [0.5, 0.6) is 5.75 Å². The number of nitrogens with zero attached hydrogens (tertiary/aromatic N) is 2. The van der Waals surface area contributed by atoms with E-state index < -0.39 is 0 Å². The molecule has 1 aromatic carbocycles. The molecule has 1 aliphatic rings. The maximum absolute atomic E-state index is 12.8. The van der Waals surface area contributed by atoms with E-state index in [1.807, 2.05) is 43.0 Å². The number of rotatable bonds is 4. The Morgan fingerprint density at radius 1 is 1.24 bits per heavy atom. The van der Waals surface area contributed by atoms with Crippen LogP contribution in [0.3, 0.4) is 0 Å². The van der Waals surface area contributed by atoms with Crippen LogP contribution in [0.4, 0.5) is 0 Å². The molecule has 1 N–H and O–H groups in total. The van der Waals surface area contributed by atoms with E-state index in [1.54, 1.807) is 12.4 Å². The van der Waals surface area contributed by atoms with Crippen LogP contribution in [-0.2, 0) is 6.61 Å². The number of ether oxygens (including phenoxy) is 1. The third-order valence-electron chi connectivity index (χ3n) is 4.44. The van der Waals surface area contributed by atoms with Crippen LogP contribution in [0.1, 0.15) is 33.5 Å². The van der Waals surface area contributed by atoms with Crippen LogP contribution in [-0.4, -0.2) is 42.0 Å². The molecule has 1 aliphatic heterocycles. The molecule has 5 heteroatoms. The summed E-state index contributed by atoms with van der Waals surface area (Å²) in [7, 11) is 0. The van der Waals surface area contributed by atoms with E-state index in [0.717, 1.165) is 60.6 Å². The molecule has 5 nitrogen and oxygen atoms in total. The van der Waals surface area contributed by atoms with Crippen molar-refractivity contribution in [2.24, 2.45) is 0 Å². The molecule has 2 aromatic rings. The third kappa shape index (κ3) is 4.37. The van der Waals surface area contributed by atoms with Crippen molar-refractivity contribution in [3.05, 3.63) is 58.9 Å². The lowest BCUT2D eigenvalue weighted by Gasteiger charge is -2.21. The maximum Gasteiger partial charge on any atom is 0.253 e. The third-order valence-corrected chi connectivity index (χ3v) is 4.44. The Balaban J connectivity index is 1.74. The van der Waals surface area contributed by atoms with E-state index >= 15 is 0 Å². The average molecular weight is 339 g/mol. The summed E-state index contributed by atoms with van der Waals surface area (Å²) < 4.78 is 5.98. The molecule has 1 fully saturated rings. The first-order valence-corrected chi connectivity index (χ1v) is 8.78. The van der Waals surface area contributed by atoms with Crippen molar-refractivity contribution in [1.29, 1.82) is 0 Å². The van der Waals surface area contributed by atoms with Crippen LogP contribution >= 0.6 is 0 Å². The zero-order chi connectivity index (χ0) is 17.6. The van der Waals surface area contributed by atoms with E-state index in [0.29, 0.717) is 6.61 Å². The topological polar surface area (TPSA) is 54.5 Å². The smallest absolute Gasteiger partial charge is 0.253 e. The fraction of sp³-hybridized carbons (Fsp3) is 0.400. The second-order valence-electron chi connectivity index (χ2n) is 6.48. The van der Waals surface area contributed by atoms with Gasteiger partial charge in [-0.15, -0.1) is 0 Å². The molecule has 0 atom stereocenters. The monoisotopic (exact) mass is 339 g/mol. The molecule has 1 amide bonds. The lowest BCUT2D eigenvalue weighted by molar-refractivity contribution is 0.0766. The Hall–Kier alpha value is -2.40. The Bertz CT molecular complexity index is 700. The molecule has 1 saturated heterocycles. The van der Waals surface area contributed by atoms with Gasteiger partial charge in [0, 0.05) is 43.2 Å². The van der Waals surface area contributed by atoms with E-state index in [9.17, 15) is 4.79 Å². The Morgan fingerprint density at radius 3 is 2.76 bits per heavy atom. The van der Waals surface area contributed by atoms with Crippen LogP contribution in [0, 0.1) is 13.8 Å². The van der Waals surface area contributed by atoms with E-state index in [2.05, 4.69) is 10.3 Å². The van der Waals surface area contributed by atoms with Gasteiger partial charge in [0.25, 0.3) is 5.91 Å². The molecule has 0 spiro atoms.